The third kappa shape index (κ3) is 44.6. The average Bonchev–Trinajstić information content (AvgIpc) is 3.22. The van der Waals surface area contributed by atoms with E-state index in [1.165, 1.54) is 44.9 Å². The van der Waals surface area contributed by atoms with Crippen LogP contribution in [0.2, 0.25) is 0 Å². The zero-order valence-electron chi connectivity index (χ0n) is 39.5. The first-order valence-corrected chi connectivity index (χ1v) is 24.1. The fourth-order valence-electron chi connectivity index (χ4n) is 6.22. The van der Waals surface area contributed by atoms with Gasteiger partial charge in [0.15, 0.2) is 6.10 Å². The fourth-order valence-corrected chi connectivity index (χ4v) is 6.22. The summed E-state index contributed by atoms with van der Waals surface area (Å²) in [4.78, 5) is 37.2. The Hall–Kier alpha value is -3.27. The lowest BCUT2D eigenvalue weighted by molar-refractivity contribution is -0.870. The van der Waals surface area contributed by atoms with E-state index in [4.69, 9.17) is 18.9 Å². The lowest BCUT2D eigenvalue weighted by atomic mass is 10.0. The molecule has 0 aromatic carbocycles. The van der Waals surface area contributed by atoms with Crippen molar-refractivity contribution < 1.29 is 42.9 Å². The number of quaternary nitrogens is 1. The minimum Gasteiger partial charge on any atom is -0.477 e. The van der Waals surface area contributed by atoms with Gasteiger partial charge in [-0.05, 0) is 77.0 Å². The summed E-state index contributed by atoms with van der Waals surface area (Å²) >= 11 is 0. The fraction of sp³-hybridized carbons (Fsp3) is 0.712. The Morgan fingerprint density at radius 1 is 0.508 bits per heavy atom. The standard InChI is InChI=1S/C52H89NO8/c1-6-8-10-12-14-16-18-20-21-22-23-24-25-26-27-28-29-31-33-35-37-39-41-43-50(55)61-48(47-60-52(51(56)57)58-45-44-53(3,4)5)46-59-49(54)42-40-38-36-34-32-30-19-17-15-13-11-9-7-2/h8,10-11,13-14,16-17,19-21,23-24,48,52H,6-7,9,12,15,18,22,25-47H2,1-5H3/p+1/b10-8-,13-11-,16-14-,19-17-,21-20-,24-23-. The summed E-state index contributed by atoms with van der Waals surface area (Å²) in [6, 6.07) is 0. The first-order valence-electron chi connectivity index (χ1n) is 24.1. The molecule has 0 fully saturated rings. The number of hydrogen-bond donors (Lipinski definition) is 1. The van der Waals surface area contributed by atoms with E-state index in [0.717, 1.165) is 103 Å². The second-order valence-electron chi connectivity index (χ2n) is 17.0. The largest absolute Gasteiger partial charge is 0.477 e. The Labute approximate surface area is 373 Å². The van der Waals surface area contributed by atoms with Crippen molar-refractivity contribution in [1.82, 2.24) is 0 Å². The first-order chi connectivity index (χ1) is 29.6. The molecule has 0 heterocycles. The molecule has 350 valence electrons. The molecule has 0 aromatic rings. The van der Waals surface area contributed by atoms with Crippen LogP contribution in [-0.2, 0) is 33.3 Å². The molecule has 0 aliphatic carbocycles. The predicted octanol–water partition coefficient (Wildman–Crippen LogP) is 13.1. The third-order valence-electron chi connectivity index (χ3n) is 9.93. The number of unbranched alkanes of at least 4 members (excludes halogenated alkanes) is 16. The molecular formula is C52H90NO8+. The van der Waals surface area contributed by atoms with E-state index in [0.29, 0.717) is 17.4 Å². The summed E-state index contributed by atoms with van der Waals surface area (Å²) in [6.45, 7) is 4.66. The molecule has 2 unspecified atom stereocenters. The molecule has 9 nitrogen and oxygen atoms in total. The topological polar surface area (TPSA) is 108 Å². The quantitative estimate of drug-likeness (QED) is 0.0212. The Balaban J connectivity index is 4.36. The molecule has 2 atom stereocenters. The second-order valence-corrected chi connectivity index (χ2v) is 17.0. The van der Waals surface area contributed by atoms with E-state index in [9.17, 15) is 19.5 Å². The summed E-state index contributed by atoms with van der Waals surface area (Å²) in [5.41, 5.74) is 0. The number of nitrogens with zero attached hydrogens (tertiary/aromatic N) is 1. The molecule has 0 amide bonds. The van der Waals surface area contributed by atoms with Crippen LogP contribution >= 0.6 is 0 Å². The summed E-state index contributed by atoms with van der Waals surface area (Å²) in [5, 5.41) is 9.65. The van der Waals surface area contributed by atoms with Crippen molar-refractivity contribution >= 4 is 17.9 Å². The van der Waals surface area contributed by atoms with Gasteiger partial charge in [-0.1, -0.05) is 164 Å². The van der Waals surface area contributed by atoms with Gasteiger partial charge >= 0.3 is 17.9 Å². The molecule has 0 rings (SSSR count). The van der Waals surface area contributed by atoms with Crippen LogP contribution in [-0.4, -0.2) is 87.4 Å². The van der Waals surface area contributed by atoms with Gasteiger partial charge in [0.25, 0.3) is 6.29 Å². The van der Waals surface area contributed by atoms with Crippen molar-refractivity contribution in [2.24, 2.45) is 0 Å². The number of rotatable bonds is 43. The van der Waals surface area contributed by atoms with Crippen LogP contribution in [0, 0.1) is 0 Å². The molecule has 9 heteroatoms. The average molecular weight is 857 g/mol. The Kier molecular flexibility index (Phi) is 41.1. The number of carboxylic acid groups (broad SMARTS) is 1. The molecule has 0 bridgehead atoms. The van der Waals surface area contributed by atoms with Gasteiger partial charge in [0.2, 0.25) is 0 Å². The van der Waals surface area contributed by atoms with Gasteiger partial charge in [-0.25, -0.2) is 4.79 Å². The van der Waals surface area contributed by atoms with Crippen molar-refractivity contribution in [2.45, 2.75) is 193 Å². The number of ether oxygens (including phenoxy) is 4. The third-order valence-corrected chi connectivity index (χ3v) is 9.93. The summed E-state index contributed by atoms with van der Waals surface area (Å²) < 4.78 is 22.7. The van der Waals surface area contributed by atoms with Crippen molar-refractivity contribution in [1.29, 1.82) is 0 Å². The number of carboxylic acids is 1. The van der Waals surface area contributed by atoms with Crippen LogP contribution in [0.25, 0.3) is 0 Å². The van der Waals surface area contributed by atoms with Crippen molar-refractivity contribution in [3.05, 3.63) is 72.9 Å². The smallest absolute Gasteiger partial charge is 0.361 e. The number of carbonyl (C=O) groups excluding carboxylic acids is 2. The highest BCUT2D eigenvalue weighted by Gasteiger charge is 2.25. The van der Waals surface area contributed by atoms with Crippen LogP contribution in [0.1, 0.15) is 181 Å². The highest BCUT2D eigenvalue weighted by atomic mass is 16.7. The van der Waals surface area contributed by atoms with Crippen molar-refractivity contribution in [2.75, 3.05) is 47.5 Å². The van der Waals surface area contributed by atoms with Gasteiger partial charge < -0.3 is 28.5 Å². The predicted molar refractivity (Wildman–Crippen MR) is 253 cm³/mol. The first kappa shape index (κ1) is 57.7. The summed E-state index contributed by atoms with van der Waals surface area (Å²) in [7, 11) is 5.94. The molecule has 0 saturated heterocycles. The van der Waals surface area contributed by atoms with Crippen LogP contribution in [0.3, 0.4) is 0 Å². The van der Waals surface area contributed by atoms with E-state index < -0.39 is 24.3 Å². The summed E-state index contributed by atoms with van der Waals surface area (Å²) in [5.74, 6) is -2.04. The SMILES string of the molecule is CC/C=C\C/C=C\C/C=C\C/C=C\CCCCCCCCCCCCC(=O)OC(COC(=O)CCCCCCC/C=C\C/C=C\CCC)COC(OCC[N+](C)(C)C)C(=O)O. The zero-order chi connectivity index (χ0) is 44.9. The molecular weight excluding hydrogens is 767 g/mol. The highest BCUT2D eigenvalue weighted by molar-refractivity contribution is 5.71. The van der Waals surface area contributed by atoms with Crippen molar-refractivity contribution in [3.8, 4) is 0 Å². The summed E-state index contributed by atoms with van der Waals surface area (Å²) in [6.07, 6.45) is 51.0. The zero-order valence-corrected chi connectivity index (χ0v) is 39.5. The lowest BCUT2D eigenvalue weighted by Gasteiger charge is -2.25. The monoisotopic (exact) mass is 857 g/mol. The Morgan fingerprint density at radius 2 is 0.934 bits per heavy atom. The van der Waals surface area contributed by atoms with Gasteiger partial charge in [-0.2, -0.15) is 0 Å². The van der Waals surface area contributed by atoms with Gasteiger partial charge in [0.05, 0.1) is 34.4 Å². The van der Waals surface area contributed by atoms with Crippen LogP contribution in [0.4, 0.5) is 0 Å². The van der Waals surface area contributed by atoms with Crippen LogP contribution < -0.4 is 0 Å². The molecule has 0 saturated carbocycles. The van der Waals surface area contributed by atoms with Gasteiger partial charge in [0.1, 0.15) is 13.2 Å². The second kappa shape index (κ2) is 43.4. The van der Waals surface area contributed by atoms with Gasteiger partial charge in [0, 0.05) is 12.8 Å². The number of hydrogen-bond acceptors (Lipinski definition) is 7. The Morgan fingerprint density at radius 3 is 1.39 bits per heavy atom. The van der Waals surface area contributed by atoms with Crippen molar-refractivity contribution in [3.63, 3.8) is 0 Å². The van der Waals surface area contributed by atoms with Gasteiger partial charge in [-0.15, -0.1) is 0 Å². The highest BCUT2D eigenvalue weighted by Crippen LogP contribution is 2.14. The molecule has 0 aliphatic heterocycles. The van der Waals surface area contributed by atoms with Crippen LogP contribution in [0.15, 0.2) is 72.9 Å². The van der Waals surface area contributed by atoms with E-state index in [-0.39, 0.29) is 38.6 Å². The minimum atomic E-state index is -1.52. The molecule has 0 radical (unpaired) electrons. The van der Waals surface area contributed by atoms with E-state index in [2.05, 4.69) is 86.8 Å². The maximum atomic E-state index is 12.8. The Bertz CT molecular complexity index is 1230. The number of allylic oxidation sites excluding steroid dienone is 12. The minimum absolute atomic E-state index is 0.181. The number of esters is 2. The molecule has 0 aliphatic rings. The number of carbonyl (C=O) groups is 3. The molecule has 0 aromatic heterocycles. The molecule has 0 spiro atoms. The maximum Gasteiger partial charge on any atom is 0.361 e. The van der Waals surface area contributed by atoms with E-state index in [1.54, 1.807) is 0 Å². The van der Waals surface area contributed by atoms with Crippen LogP contribution in [0.5, 0.6) is 0 Å². The molecule has 61 heavy (non-hydrogen) atoms. The van der Waals surface area contributed by atoms with E-state index >= 15 is 0 Å². The van der Waals surface area contributed by atoms with Gasteiger partial charge in [-0.3, -0.25) is 9.59 Å². The maximum absolute atomic E-state index is 12.8. The lowest BCUT2D eigenvalue weighted by Crippen LogP contribution is -2.40. The van der Waals surface area contributed by atoms with E-state index in [1.807, 2.05) is 21.1 Å². The number of aliphatic carboxylic acids is 1. The number of likely N-dealkylation sites (N-methyl/N-ethyl adjacent to an activating group) is 1. The molecule has 1 N–H and O–H groups in total. The normalized spacial score (nSPS) is 13.5.